The molecule has 0 amide bonds. The number of H-pyrrole nitrogens is 1. The number of aromatic amines is 1. The third-order valence-electron chi connectivity index (χ3n) is 2.46. The molecule has 104 valence electrons. The summed E-state index contributed by atoms with van der Waals surface area (Å²) in [6.07, 6.45) is 2.01. The van der Waals surface area contributed by atoms with Crippen molar-refractivity contribution < 1.29 is 15.0 Å². The first-order valence-electron chi connectivity index (χ1n) is 5.90. The zero-order valence-corrected chi connectivity index (χ0v) is 11.5. The molecule has 0 aliphatic rings. The smallest absolute Gasteiger partial charge is 0.342 e. The van der Waals surface area contributed by atoms with E-state index < -0.39 is 5.97 Å². The topological polar surface area (TPSA) is 102 Å². The van der Waals surface area contributed by atoms with Gasteiger partial charge in [-0.1, -0.05) is 31.2 Å². The zero-order chi connectivity index (χ0) is 14.5. The van der Waals surface area contributed by atoms with E-state index in [1.807, 2.05) is 6.92 Å². The van der Waals surface area contributed by atoms with Gasteiger partial charge < -0.3 is 10.2 Å². The van der Waals surface area contributed by atoms with Gasteiger partial charge in [0.1, 0.15) is 10.7 Å². The summed E-state index contributed by atoms with van der Waals surface area (Å²) in [7, 11) is 0. The van der Waals surface area contributed by atoms with Crippen LogP contribution >= 0.6 is 11.8 Å². The summed E-state index contributed by atoms with van der Waals surface area (Å²) in [6, 6.07) is 6.24. The lowest BCUT2D eigenvalue weighted by molar-refractivity contribution is -0.268. The van der Waals surface area contributed by atoms with E-state index in [0.29, 0.717) is 23.0 Å². The van der Waals surface area contributed by atoms with E-state index in [1.54, 1.807) is 18.2 Å². The van der Waals surface area contributed by atoms with Crippen molar-refractivity contribution in [3.8, 4) is 5.75 Å². The minimum atomic E-state index is -1.12. The molecular weight excluding hydrogens is 278 g/mol. The average Bonchev–Trinajstić information content (AvgIpc) is 2.88. The number of para-hydroxylation sites is 1. The molecule has 7 heteroatoms. The minimum Gasteiger partial charge on any atom is -0.872 e. The molecule has 20 heavy (non-hydrogen) atoms. The summed E-state index contributed by atoms with van der Waals surface area (Å²) in [5.41, 5.74) is 0.323. The van der Waals surface area contributed by atoms with Gasteiger partial charge in [0.05, 0.1) is 0 Å². The lowest BCUT2D eigenvalue weighted by atomic mass is 10.2. The maximum atomic E-state index is 11.6. The van der Waals surface area contributed by atoms with Crippen LogP contribution in [0.15, 0.2) is 34.3 Å². The number of aryl methyl sites for hydroxylation is 1. The number of nitrogens with zero attached hydrogens (tertiary/aromatic N) is 2. The highest BCUT2D eigenvalue weighted by atomic mass is 32.2. The summed E-state index contributed by atoms with van der Waals surface area (Å²) in [5.74, 6) is -0.668. The van der Waals surface area contributed by atoms with Gasteiger partial charge in [0.25, 0.3) is 0 Å². The molecule has 0 saturated carbocycles. The van der Waals surface area contributed by atoms with E-state index in [4.69, 9.17) is 0 Å². The van der Waals surface area contributed by atoms with Gasteiger partial charge in [-0.15, -0.1) is 10.8 Å². The maximum Gasteiger partial charge on any atom is 0.342 e. The molecule has 1 aromatic carbocycles. The van der Waals surface area contributed by atoms with Crippen molar-refractivity contribution in [1.29, 1.82) is 0 Å². The van der Waals surface area contributed by atoms with Crippen molar-refractivity contribution in [2.45, 2.75) is 18.5 Å². The van der Waals surface area contributed by atoms with Crippen LogP contribution in [-0.2, 0) is 11.2 Å². The van der Waals surface area contributed by atoms with Gasteiger partial charge in [-0.2, -0.15) is 0 Å². The Hall–Kier alpha value is -2.28. The fraction of sp³-hybridized carbons (Fsp3) is 0.154. The molecule has 2 N–H and O–H groups in total. The Morgan fingerprint density at radius 3 is 2.85 bits per heavy atom. The Labute approximate surface area is 119 Å². The van der Waals surface area contributed by atoms with Crippen LogP contribution in [-0.4, -0.2) is 26.3 Å². The van der Waals surface area contributed by atoms with Gasteiger partial charge in [-0.25, -0.2) is 9.78 Å². The Bertz CT molecular complexity index is 652. The quantitative estimate of drug-likeness (QED) is 0.641. The molecule has 0 atom stereocenters. The van der Waals surface area contributed by atoms with E-state index >= 15 is 0 Å². The number of hydrogen-bond donors (Lipinski definition) is 2. The van der Waals surface area contributed by atoms with Gasteiger partial charge in [0.2, 0.25) is 5.16 Å². The monoisotopic (exact) mass is 290 g/mol. The van der Waals surface area contributed by atoms with Gasteiger partial charge in [0.15, 0.2) is 0 Å². The van der Waals surface area contributed by atoms with E-state index in [2.05, 4.69) is 15.2 Å². The number of carboxylic acid groups (broad SMARTS) is 1. The van der Waals surface area contributed by atoms with Crippen molar-refractivity contribution >= 4 is 23.8 Å². The fourth-order valence-corrected chi connectivity index (χ4v) is 2.17. The van der Waals surface area contributed by atoms with Crippen LogP contribution in [0.1, 0.15) is 18.3 Å². The van der Waals surface area contributed by atoms with Crippen molar-refractivity contribution in [1.82, 2.24) is 15.2 Å². The molecule has 6 nitrogen and oxygen atoms in total. The molecule has 0 bridgehead atoms. The summed E-state index contributed by atoms with van der Waals surface area (Å²) < 4.78 is 0. The number of benzene rings is 1. The molecule has 2 aromatic rings. The molecule has 0 aliphatic heterocycles. The summed E-state index contributed by atoms with van der Waals surface area (Å²) in [5, 5.41) is 27.7. The molecule has 0 radical (unpaired) electrons. The van der Waals surface area contributed by atoms with Crippen molar-refractivity contribution in [3.63, 3.8) is 0 Å². The minimum absolute atomic E-state index is 0.00467. The third kappa shape index (κ3) is 3.39. The lowest BCUT2D eigenvalue weighted by Gasteiger charge is -2.09. The van der Waals surface area contributed by atoms with E-state index in [1.165, 1.54) is 12.1 Å². The number of thioether (sulfide) groups is 1. The fourth-order valence-electron chi connectivity index (χ4n) is 1.46. The van der Waals surface area contributed by atoms with Crippen LogP contribution in [0.5, 0.6) is 5.75 Å². The number of rotatable bonds is 5. The Kier molecular flexibility index (Phi) is 4.41. The van der Waals surface area contributed by atoms with Gasteiger partial charge in [-0.05, 0) is 23.4 Å². The van der Waals surface area contributed by atoms with Crippen molar-refractivity contribution in [2.75, 3.05) is 0 Å². The lowest BCUT2D eigenvalue weighted by Crippen LogP contribution is -1.99. The van der Waals surface area contributed by atoms with Gasteiger partial charge in [-0.3, -0.25) is 5.10 Å². The Morgan fingerprint density at radius 2 is 2.25 bits per heavy atom. The van der Waals surface area contributed by atoms with Crippen molar-refractivity contribution in [3.05, 3.63) is 40.6 Å². The summed E-state index contributed by atoms with van der Waals surface area (Å²) >= 11 is 0.906. The highest BCUT2D eigenvalue weighted by Gasteiger charge is 2.13. The maximum absolute atomic E-state index is 11.6. The van der Waals surface area contributed by atoms with Gasteiger partial charge >= 0.3 is 5.97 Å². The van der Waals surface area contributed by atoms with Gasteiger partial charge in [0, 0.05) is 6.42 Å². The first kappa shape index (κ1) is 14.1. The predicted octanol–water partition coefficient (Wildman–Crippen LogP) is 1.66. The van der Waals surface area contributed by atoms with Crippen LogP contribution in [0, 0.1) is 0 Å². The second-order valence-corrected chi connectivity index (χ2v) is 4.88. The molecule has 0 aliphatic carbocycles. The standard InChI is InChI=1S/C13H13N3O3S/c1-2-11-14-13(16-15-11)20-10(12(18)19)7-8-5-3-4-6-9(8)17/h3-7,17H,2H2,1H3,(H,18,19)(H,14,15,16)/p-1/b10-7-. The average molecular weight is 290 g/mol. The molecule has 1 aromatic heterocycles. The number of aromatic nitrogens is 3. The highest BCUT2D eigenvalue weighted by molar-refractivity contribution is 8.04. The van der Waals surface area contributed by atoms with Crippen LogP contribution in [0.25, 0.3) is 6.08 Å². The number of carboxylic acids is 1. The van der Waals surface area contributed by atoms with Crippen LogP contribution in [0.3, 0.4) is 0 Å². The van der Waals surface area contributed by atoms with Crippen LogP contribution < -0.4 is 5.11 Å². The van der Waals surface area contributed by atoms with Crippen LogP contribution in [0.2, 0.25) is 0 Å². The van der Waals surface area contributed by atoms with Crippen molar-refractivity contribution in [2.24, 2.45) is 0 Å². The first-order valence-corrected chi connectivity index (χ1v) is 6.72. The molecule has 0 saturated heterocycles. The predicted molar refractivity (Wildman–Crippen MR) is 73.1 cm³/mol. The summed E-state index contributed by atoms with van der Waals surface area (Å²) in [4.78, 5) is 15.4. The molecule has 0 unspecified atom stereocenters. The number of hydrogen-bond acceptors (Lipinski definition) is 5. The normalized spacial score (nSPS) is 11.6. The number of carbonyl (C=O) groups is 1. The molecule has 0 fully saturated rings. The number of nitrogens with one attached hydrogen (secondary N) is 1. The first-order chi connectivity index (χ1) is 9.60. The molecule has 1 heterocycles. The SMILES string of the molecule is CCc1nc(S/C(=C\c2ccccc2[O-])C(=O)O)n[nH]1. The largest absolute Gasteiger partial charge is 0.872 e. The Morgan fingerprint density at radius 1 is 1.50 bits per heavy atom. The van der Waals surface area contributed by atoms with E-state index in [-0.39, 0.29) is 10.7 Å². The van der Waals surface area contributed by atoms with E-state index in [0.717, 1.165) is 11.8 Å². The highest BCUT2D eigenvalue weighted by Crippen LogP contribution is 2.27. The second-order valence-electron chi connectivity index (χ2n) is 3.87. The van der Waals surface area contributed by atoms with E-state index in [9.17, 15) is 15.0 Å². The van der Waals surface area contributed by atoms with Crippen LogP contribution in [0.4, 0.5) is 0 Å². The third-order valence-corrected chi connectivity index (χ3v) is 3.34. The zero-order valence-electron chi connectivity index (χ0n) is 10.7. The Balaban J connectivity index is 2.27. The second kappa shape index (κ2) is 6.25. The molecular formula is C13H12N3O3S-. The number of aliphatic carboxylic acids is 1. The molecule has 2 rings (SSSR count). The summed E-state index contributed by atoms with van der Waals surface area (Å²) in [6.45, 7) is 1.91. The molecule has 0 spiro atoms.